The SMILES string of the molecule is Cc1ccc(C(=O)Nc2ccc(S(=O)(=O)Nc3ccc(I)cc3)cc2)cc1Br. The summed E-state index contributed by atoms with van der Waals surface area (Å²) in [6.45, 7) is 1.94. The number of carbonyl (C=O) groups is 1. The lowest BCUT2D eigenvalue weighted by atomic mass is 10.1. The highest BCUT2D eigenvalue weighted by molar-refractivity contribution is 14.1. The molecule has 3 rings (SSSR count). The first-order valence-electron chi connectivity index (χ1n) is 8.20. The Morgan fingerprint density at radius 1 is 0.929 bits per heavy atom. The van der Waals surface area contributed by atoms with Crippen molar-refractivity contribution in [1.29, 1.82) is 0 Å². The Morgan fingerprint density at radius 2 is 1.54 bits per heavy atom. The van der Waals surface area contributed by atoms with Crippen LogP contribution in [0.3, 0.4) is 0 Å². The summed E-state index contributed by atoms with van der Waals surface area (Å²) in [4.78, 5) is 12.5. The number of benzene rings is 3. The molecule has 0 saturated heterocycles. The summed E-state index contributed by atoms with van der Waals surface area (Å²) in [5, 5.41) is 2.76. The van der Waals surface area contributed by atoms with Gasteiger partial charge in [-0.05, 0) is 95.7 Å². The zero-order valence-corrected chi connectivity index (χ0v) is 19.3. The number of nitrogens with one attached hydrogen (secondary N) is 2. The van der Waals surface area contributed by atoms with Gasteiger partial charge in [0.05, 0.1) is 4.90 Å². The Balaban J connectivity index is 1.72. The molecule has 0 bridgehead atoms. The van der Waals surface area contributed by atoms with Gasteiger partial charge < -0.3 is 5.32 Å². The fraction of sp³-hybridized carbons (Fsp3) is 0.0500. The highest BCUT2D eigenvalue weighted by Crippen LogP contribution is 2.21. The fourth-order valence-corrected chi connectivity index (χ4v) is 4.18. The van der Waals surface area contributed by atoms with Gasteiger partial charge in [0, 0.05) is 25.0 Å². The molecule has 0 aliphatic heterocycles. The minimum absolute atomic E-state index is 0.113. The van der Waals surface area contributed by atoms with Crippen LogP contribution in [0.2, 0.25) is 0 Å². The zero-order chi connectivity index (χ0) is 20.3. The average molecular weight is 571 g/mol. The van der Waals surface area contributed by atoms with Gasteiger partial charge >= 0.3 is 0 Å². The second-order valence-electron chi connectivity index (χ2n) is 6.05. The summed E-state index contributed by atoms with van der Waals surface area (Å²) < 4.78 is 29.4. The van der Waals surface area contributed by atoms with Gasteiger partial charge in [0.2, 0.25) is 0 Å². The third kappa shape index (κ3) is 5.12. The number of hydrogen-bond acceptors (Lipinski definition) is 3. The van der Waals surface area contributed by atoms with Gasteiger partial charge in [-0.1, -0.05) is 22.0 Å². The van der Waals surface area contributed by atoms with E-state index in [-0.39, 0.29) is 10.8 Å². The van der Waals surface area contributed by atoms with Gasteiger partial charge in [-0.3, -0.25) is 9.52 Å². The van der Waals surface area contributed by atoms with E-state index in [1.807, 2.05) is 25.1 Å². The molecule has 28 heavy (non-hydrogen) atoms. The summed E-state index contributed by atoms with van der Waals surface area (Å²) in [5.41, 5.74) is 2.54. The van der Waals surface area contributed by atoms with Gasteiger partial charge in [-0.15, -0.1) is 0 Å². The van der Waals surface area contributed by atoms with Crippen LogP contribution < -0.4 is 10.0 Å². The molecular weight excluding hydrogens is 555 g/mol. The molecule has 0 radical (unpaired) electrons. The van der Waals surface area contributed by atoms with Crippen LogP contribution in [0.25, 0.3) is 0 Å². The quantitative estimate of drug-likeness (QED) is 0.402. The molecule has 0 saturated carbocycles. The van der Waals surface area contributed by atoms with E-state index in [2.05, 4.69) is 48.6 Å². The maximum absolute atomic E-state index is 12.5. The molecule has 0 heterocycles. The molecule has 0 spiro atoms. The van der Waals surface area contributed by atoms with Crippen LogP contribution in [0.4, 0.5) is 11.4 Å². The van der Waals surface area contributed by atoms with Crippen LogP contribution in [0.15, 0.2) is 76.1 Å². The minimum Gasteiger partial charge on any atom is -0.322 e. The topological polar surface area (TPSA) is 75.3 Å². The maximum Gasteiger partial charge on any atom is 0.261 e. The molecule has 0 aliphatic carbocycles. The van der Waals surface area contributed by atoms with Crippen molar-refractivity contribution < 1.29 is 13.2 Å². The Bertz CT molecular complexity index is 1120. The second-order valence-corrected chi connectivity index (χ2v) is 9.84. The second kappa shape index (κ2) is 8.62. The summed E-state index contributed by atoms with van der Waals surface area (Å²) in [7, 11) is -3.71. The van der Waals surface area contributed by atoms with Crippen molar-refractivity contribution in [1.82, 2.24) is 0 Å². The Morgan fingerprint density at radius 3 is 2.14 bits per heavy atom. The number of sulfonamides is 1. The van der Waals surface area contributed by atoms with E-state index in [1.165, 1.54) is 12.1 Å². The summed E-state index contributed by atoms with van der Waals surface area (Å²) in [6.07, 6.45) is 0. The first-order valence-corrected chi connectivity index (χ1v) is 11.6. The molecule has 144 valence electrons. The van der Waals surface area contributed by atoms with E-state index in [4.69, 9.17) is 0 Å². The van der Waals surface area contributed by atoms with E-state index in [9.17, 15) is 13.2 Å². The van der Waals surface area contributed by atoms with Crippen molar-refractivity contribution in [2.75, 3.05) is 10.0 Å². The van der Waals surface area contributed by atoms with Crippen molar-refractivity contribution in [2.24, 2.45) is 0 Å². The van der Waals surface area contributed by atoms with Crippen LogP contribution in [0.1, 0.15) is 15.9 Å². The Labute approximate surface area is 185 Å². The molecule has 0 fully saturated rings. The first-order chi connectivity index (χ1) is 13.2. The van der Waals surface area contributed by atoms with E-state index < -0.39 is 10.0 Å². The van der Waals surface area contributed by atoms with Crippen LogP contribution >= 0.6 is 38.5 Å². The van der Waals surface area contributed by atoms with E-state index in [1.54, 1.807) is 36.4 Å². The summed E-state index contributed by atoms with van der Waals surface area (Å²) in [6, 6.07) is 18.4. The zero-order valence-electron chi connectivity index (χ0n) is 14.7. The van der Waals surface area contributed by atoms with Crippen molar-refractivity contribution in [3.05, 3.63) is 85.9 Å². The number of amides is 1. The molecule has 0 aromatic heterocycles. The first kappa shape index (κ1) is 20.8. The highest BCUT2D eigenvalue weighted by Gasteiger charge is 2.15. The molecule has 1 amide bonds. The number of aryl methyl sites for hydroxylation is 1. The Kier molecular flexibility index (Phi) is 6.41. The predicted molar refractivity (Wildman–Crippen MR) is 123 cm³/mol. The Hall–Kier alpha value is -1.91. The largest absolute Gasteiger partial charge is 0.322 e. The molecule has 0 atom stereocenters. The van der Waals surface area contributed by atoms with E-state index in [0.717, 1.165) is 13.6 Å². The van der Waals surface area contributed by atoms with Crippen molar-refractivity contribution in [2.45, 2.75) is 11.8 Å². The monoisotopic (exact) mass is 570 g/mol. The number of anilines is 2. The smallest absolute Gasteiger partial charge is 0.261 e. The van der Waals surface area contributed by atoms with Crippen LogP contribution in [-0.4, -0.2) is 14.3 Å². The molecule has 2 N–H and O–H groups in total. The molecule has 0 aliphatic rings. The standard InChI is InChI=1S/C20H16BrIN2O3S/c1-13-2-3-14(12-19(13)21)20(25)23-16-8-10-18(11-9-16)28(26,27)24-17-6-4-15(22)5-7-17/h2-12,24H,1H3,(H,23,25). The third-order valence-electron chi connectivity index (χ3n) is 3.95. The van der Waals surface area contributed by atoms with E-state index >= 15 is 0 Å². The van der Waals surface area contributed by atoms with Crippen LogP contribution in [-0.2, 0) is 10.0 Å². The number of rotatable bonds is 5. The van der Waals surface area contributed by atoms with Gasteiger partial charge in [0.1, 0.15) is 0 Å². The van der Waals surface area contributed by atoms with Crippen molar-refractivity contribution in [3.63, 3.8) is 0 Å². The highest BCUT2D eigenvalue weighted by atomic mass is 127. The van der Waals surface area contributed by atoms with Gasteiger partial charge in [-0.2, -0.15) is 0 Å². The minimum atomic E-state index is -3.71. The molecule has 0 unspecified atom stereocenters. The number of hydrogen-bond donors (Lipinski definition) is 2. The third-order valence-corrected chi connectivity index (χ3v) is 6.92. The normalized spacial score (nSPS) is 11.1. The van der Waals surface area contributed by atoms with E-state index in [0.29, 0.717) is 16.9 Å². The van der Waals surface area contributed by atoms with Crippen LogP contribution in [0.5, 0.6) is 0 Å². The molecule has 5 nitrogen and oxygen atoms in total. The molecule has 8 heteroatoms. The van der Waals surface area contributed by atoms with Crippen molar-refractivity contribution in [3.8, 4) is 0 Å². The number of carbonyl (C=O) groups excluding carboxylic acids is 1. The lowest BCUT2D eigenvalue weighted by Crippen LogP contribution is -2.14. The molecule has 3 aromatic carbocycles. The summed E-state index contributed by atoms with van der Waals surface area (Å²) >= 11 is 5.56. The molecule has 3 aromatic rings. The average Bonchev–Trinajstić information content (AvgIpc) is 2.66. The maximum atomic E-state index is 12.5. The number of halogens is 2. The lowest BCUT2D eigenvalue weighted by molar-refractivity contribution is 0.102. The van der Waals surface area contributed by atoms with Crippen LogP contribution in [0, 0.1) is 10.5 Å². The van der Waals surface area contributed by atoms with Crippen molar-refractivity contribution >= 4 is 65.8 Å². The lowest BCUT2D eigenvalue weighted by Gasteiger charge is -2.10. The molecular formula is C20H16BrIN2O3S. The van der Waals surface area contributed by atoms with Gasteiger partial charge in [-0.25, -0.2) is 8.42 Å². The predicted octanol–water partition coefficient (Wildman–Crippen LogP) is 5.42. The summed E-state index contributed by atoms with van der Waals surface area (Å²) in [5.74, 6) is -0.270. The fourth-order valence-electron chi connectivity index (χ4n) is 2.39. The van der Waals surface area contributed by atoms with Gasteiger partial charge in [0.25, 0.3) is 15.9 Å². The van der Waals surface area contributed by atoms with Gasteiger partial charge in [0.15, 0.2) is 0 Å².